The minimum atomic E-state index is 0.470. The van der Waals surface area contributed by atoms with Crippen LogP contribution in [0.3, 0.4) is 0 Å². The molecule has 0 aliphatic carbocycles. The number of hydrogen-bond acceptors (Lipinski definition) is 2. The SMILES string of the molecule is Cc1ccc(Cl)cc1-n1c(C)c(C)c(C#N)c1N. The van der Waals surface area contributed by atoms with E-state index in [0.717, 1.165) is 22.5 Å². The summed E-state index contributed by atoms with van der Waals surface area (Å²) in [5, 5.41) is 9.79. The molecule has 1 heterocycles. The van der Waals surface area contributed by atoms with Crippen LogP contribution < -0.4 is 5.73 Å². The smallest absolute Gasteiger partial charge is 0.126 e. The fraction of sp³-hybridized carbons (Fsp3) is 0.214. The number of benzene rings is 1. The van der Waals surface area contributed by atoms with Crippen molar-refractivity contribution in [1.82, 2.24) is 4.57 Å². The Morgan fingerprint density at radius 2 is 1.94 bits per heavy atom. The van der Waals surface area contributed by atoms with Crippen LogP contribution in [0.1, 0.15) is 22.4 Å². The molecule has 0 aliphatic heterocycles. The average Bonchev–Trinajstić information content (AvgIpc) is 2.54. The van der Waals surface area contributed by atoms with Gasteiger partial charge in [0.1, 0.15) is 11.9 Å². The standard InChI is InChI=1S/C14H14ClN3/c1-8-4-5-11(15)6-13(8)18-10(3)9(2)12(7-16)14(18)17/h4-6H,17H2,1-3H3. The van der Waals surface area contributed by atoms with E-state index in [0.29, 0.717) is 16.4 Å². The first-order chi connectivity index (χ1) is 8.47. The highest BCUT2D eigenvalue weighted by Crippen LogP contribution is 2.30. The van der Waals surface area contributed by atoms with Gasteiger partial charge in [0.05, 0.1) is 11.3 Å². The summed E-state index contributed by atoms with van der Waals surface area (Å²) in [5.74, 6) is 0.470. The van der Waals surface area contributed by atoms with E-state index in [1.165, 1.54) is 0 Å². The van der Waals surface area contributed by atoms with Crippen LogP contribution in [0.2, 0.25) is 5.02 Å². The van der Waals surface area contributed by atoms with E-state index in [4.69, 9.17) is 22.6 Å². The fourth-order valence-corrected chi connectivity index (χ4v) is 2.27. The maximum absolute atomic E-state index is 9.14. The Kier molecular flexibility index (Phi) is 3.06. The summed E-state index contributed by atoms with van der Waals surface area (Å²) in [6.45, 7) is 5.85. The Morgan fingerprint density at radius 1 is 1.28 bits per heavy atom. The van der Waals surface area contributed by atoms with Crippen molar-refractivity contribution in [1.29, 1.82) is 5.26 Å². The summed E-state index contributed by atoms with van der Waals surface area (Å²) in [6.07, 6.45) is 0. The molecule has 92 valence electrons. The average molecular weight is 260 g/mol. The van der Waals surface area contributed by atoms with Crippen molar-refractivity contribution in [3.63, 3.8) is 0 Å². The maximum Gasteiger partial charge on any atom is 0.126 e. The number of halogens is 1. The summed E-state index contributed by atoms with van der Waals surface area (Å²) >= 11 is 6.03. The molecule has 2 rings (SSSR count). The van der Waals surface area contributed by atoms with E-state index >= 15 is 0 Å². The minimum Gasteiger partial charge on any atom is -0.384 e. The van der Waals surface area contributed by atoms with Crippen LogP contribution in [0.25, 0.3) is 5.69 Å². The molecule has 0 atom stereocenters. The number of anilines is 1. The molecule has 0 aliphatic rings. The highest BCUT2D eigenvalue weighted by molar-refractivity contribution is 6.30. The van der Waals surface area contributed by atoms with Crippen molar-refractivity contribution in [3.05, 3.63) is 45.6 Å². The van der Waals surface area contributed by atoms with E-state index in [2.05, 4.69) is 6.07 Å². The molecule has 0 amide bonds. The van der Waals surface area contributed by atoms with E-state index < -0.39 is 0 Å². The number of hydrogen-bond donors (Lipinski definition) is 1. The number of aromatic nitrogens is 1. The Morgan fingerprint density at radius 3 is 2.50 bits per heavy atom. The number of nitrogens with two attached hydrogens (primary N) is 1. The third-order valence-electron chi connectivity index (χ3n) is 3.27. The topological polar surface area (TPSA) is 54.7 Å². The summed E-state index contributed by atoms with van der Waals surface area (Å²) in [4.78, 5) is 0. The van der Waals surface area contributed by atoms with Gasteiger partial charge in [-0.25, -0.2) is 0 Å². The molecule has 0 saturated carbocycles. The normalized spacial score (nSPS) is 10.4. The zero-order chi connectivity index (χ0) is 13.4. The second-order valence-electron chi connectivity index (χ2n) is 4.35. The Hall–Kier alpha value is -1.92. The molecule has 2 N–H and O–H groups in total. The molecule has 3 nitrogen and oxygen atoms in total. The van der Waals surface area contributed by atoms with Crippen LogP contribution >= 0.6 is 11.6 Å². The molecule has 1 aromatic heterocycles. The van der Waals surface area contributed by atoms with Gasteiger partial charge in [0, 0.05) is 10.7 Å². The van der Waals surface area contributed by atoms with Gasteiger partial charge in [-0.2, -0.15) is 5.26 Å². The van der Waals surface area contributed by atoms with E-state index in [1.54, 1.807) is 0 Å². The van der Waals surface area contributed by atoms with E-state index in [9.17, 15) is 0 Å². The van der Waals surface area contributed by atoms with Crippen LogP contribution in [0, 0.1) is 32.1 Å². The van der Waals surface area contributed by atoms with E-state index in [-0.39, 0.29) is 0 Å². The van der Waals surface area contributed by atoms with E-state index in [1.807, 2.05) is 43.5 Å². The quantitative estimate of drug-likeness (QED) is 0.852. The predicted molar refractivity (Wildman–Crippen MR) is 74.1 cm³/mol. The van der Waals surface area contributed by atoms with Gasteiger partial charge in [0.2, 0.25) is 0 Å². The van der Waals surface area contributed by atoms with Crippen LogP contribution in [-0.2, 0) is 0 Å². The second-order valence-corrected chi connectivity index (χ2v) is 4.79. The van der Waals surface area contributed by atoms with Gasteiger partial charge in [-0.1, -0.05) is 17.7 Å². The van der Waals surface area contributed by atoms with Gasteiger partial charge >= 0.3 is 0 Å². The van der Waals surface area contributed by atoms with Crippen LogP contribution in [0.5, 0.6) is 0 Å². The van der Waals surface area contributed by atoms with Gasteiger partial charge in [0.25, 0.3) is 0 Å². The van der Waals surface area contributed by atoms with Gasteiger partial charge < -0.3 is 5.73 Å². The molecule has 0 fully saturated rings. The third-order valence-corrected chi connectivity index (χ3v) is 3.51. The maximum atomic E-state index is 9.14. The molecule has 0 spiro atoms. The number of nitrogens with zero attached hydrogens (tertiary/aromatic N) is 2. The van der Waals surface area contributed by atoms with Crippen molar-refractivity contribution in [2.45, 2.75) is 20.8 Å². The lowest BCUT2D eigenvalue weighted by molar-refractivity contribution is 1.00. The number of nitrogen functional groups attached to an aromatic ring is 1. The molecule has 0 saturated heterocycles. The Labute approximate surface area is 111 Å². The lowest BCUT2D eigenvalue weighted by Crippen LogP contribution is -2.04. The molecule has 18 heavy (non-hydrogen) atoms. The Balaban J connectivity index is 2.80. The molecular formula is C14H14ClN3. The molecule has 4 heteroatoms. The summed E-state index contributed by atoms with van der Waals surface area (Å²) in [7, 11) is 0. The largest absolute Gasteiger partial charge is 0.384 e. The van der Waals surface area contributed by atoms with Gasteiger partial charge in [-0.15, -0.1) is 0 Å². The third kappa shape index (κ3) is 1.75. The van der Waals surface area contributed by atoms with Gasteiger partial charge in [-0.3, -0.25) is 4.57 Å². The number of nitriles is 1. The minimum absolute atomic E-state index is 0.470. The first kappa shape index (κ1) is 12.5. The van der Waals surface area contributed by atoms with Crippen molar-refractivity contribution in [2.75, 3.05) is 5.73 Å². The van der Waals surface area contributed by atoms with Crippen molar-refractivity contribution < 1.29 is 0 Å². The Bertz CT molecular complexity index is 663. The molecule has 2 aromatic rings. The van der Waals surface area contributed by atoms with Crippen LogP contribution in [-0.4, -0.2) is 4.57 Å². The second kappa shape index (κ2) is 4.40. The predicted octanol–water partition coefficient (Wildman–Crippen LogP) is 3.51. The zero-order valence-corrected chi connectivity index (χ0v) is 11.3. The first-order valence-electron chi connectivity index (χ1n) is 5.61. The number of aryl methyl sites for hydroxylation is 1. The molecule has 1 aromatic carbocycles. The highest BCUT2D eigenvalue weighted by atomic mass is 35.5. The van der Waals surface area contributed by atoms with Crippen molar-refractivity contribution in [3.8, 4) is 11.8 Å². The summed E-state index contributed by atoms with van der Waals surface area (Å²) in [6, 6.07) is 7.79. The highest BCUT2D eigenvalue weighted by Gasteiger charge is 2.17. The lowest BCUT2D eigenvalue weighted by atomic mass is 10.2. The van der Waals surface area contributed by atoms with Gasteiger partial charge in [-0.05, 0) is 44.0 Å². The lowest BCUT2D eigenvalue weighted by Gasteiger charge is -2.12. The summed E-state index contributed by atoms with van der Waals surface area (Å²) < 4.78 is 1.88. The van der Waals surface area contributed by atoms with Crippen molar-refractivity contribution >= 4 is 17.4 Å². The fourth-order valence-electron chi connectivity index (χ4n) is 2.11. The molecule has 0 radical (unpaired) electrons. The molecule has 0 bridgehead atoms. The first-order valence-corrected chi connectivity index (χ1v) is 5.99. The van der Waals surface area contributed by atoms with Crippen molar-refractivity contribution in [2.24, 2.45) is 0 Å². The molecular weight excluding hydrogens is 246 g/mol. The van der Waals surface area contributed by atoms with Crippen LogP contribution in [0.15, 0.2) is 18.2 Å². The van der Waals surface area contributed by atoms with Crippen LogP contribution in [0.4, 0.5) is 5.82 Å². The molecule has 0 unspecified atom stereocenters. The monoisotopic (exact) mass is 259 g/mol. The number of rotatable bonds is 1. The summed E-state index contributed by atoms with van der Waals surface area (Å²) in [5.41, 5.74) is 10.5. The van der Waals surface area contributed by atoms with Gasteiger partial charge in [0.15, 0.2) is 0 Å². The zero-order valence-electron chi connectivity index (χ0n) is 10.6.